The third-order valence-electron chi connectivity index (χ3n) is 4.61. The van der Waals surface area contributed by atoms with Gasteiger partial charge in [0.2, 0.25) is 0 Å². The molecule has 0 aliphatic carbocycles. The number of benzene rings is 2. The van der Waals surface area contributed by atoms with Crippen LogP contribution in [-0.4, -0.2) is 28.9 Å². The number of carbonyl (C=O) groups excluding carboxylic acids is 1. The molecule has 0 unspecified atom stereocenters. The van der Waals surface area contributed by atoms with E-state index in [4.69, 9.17) is 4.74 Å². The van der Waals surface area contributed by atoms with Gasteiger partial charge in [-0.1, -0.05) is 12.1 Å². The van der Waals surface area contributed by atoms with Gasteiger partial charge in [-0.25, -0.2) is 13.8 Å². The van der Waals surface area contributed by atoms with E-state index in [1.807, 2.05) is 0 Å². The first-order valence-corrected chi connectivity index (χ1v) is 9.90. The number of rotatable bonds is 5. The Morgan fingerprint density at radius 1 is 1.11 bits per heavy atom. The number of aromatic nitrogens is 1. The molecular weight excluding hydrogens is 382 g/mol. The molecule has 1 saturated heterocycles. The molecule has 0 atom stereocenters. The second-order valence-electron chi connectivity index (χ2n) is 6.59. The number of thiazole rings is 1. The minimum Gasteiger partial charge on any atom is -0.489 e. The van der Waals surface area contributed by atoms with E-state index in [-0.39, 0.29) is 18.3 Å². The minimum atomic E-state index is -0.467. The Morgan fingerprint density at radius 3 is 2.57 bits per heavy atom. The minimum absolute atomic E-state index is 0.0975. The highest BCUT2D eigenvalue weighted by molar-refractivity contribution is 7.13. The maximum atomic E-state index is 14.6. The van der Waals surface area contributed by atoms with Gasteiger partial charge >= 0.3 is 0 Å². The Kier molecular flexibility index (Phi) is 5.34. The number of hydrogen-bond acceptors (Lipinski definition) is 4. The Balaban J connectivity index is 1.45. The SMILES string of the molecule is O=C(c1csc(-c2ccc(OCc3ccc(F)cc3)cc2F)n1)N1CCCC1. The molecule has 4 rings (SSSR count). The summed E-state index contributed by atoms with van der Waals surface area (Å²) in [5, 5.41) is 2.14. The molecule has 28 heavy (non-hydrogen) atoms. The average Bonchev–Trinajstić information content (AvgIpc) is 3.39. The maximum Gasteiger partial charge on any atom is 0.273 e. The van der Waals surface area contributed by atoms with Gasteiger partial charge in [-0.05, 0) is 42.7 Å². The second-order valence-corrected chi connectivity index (χ2v) is 7.45. The van der Waals surface area contributed by atoms with E-state index in [1.165, 1.54) is 29.5 Å². The van der Waals surface area contributed by atoms with Crippen LogP contribution in [0.3, 0.4) is 0 Å². The number of carbonyl (C=O) groups is 1. The van der Waals surface area contributed by atoms with Gasteiger partial charge in [-0.3, -0.25) is 4.79 Å². The molecule has 1 aromatic heterocycles. The van der Waals surface area contributed by atoms with Crippen molar-refractivity contribution in [3.8, 4) is 16.3 Å². The van der Waals surface area contributed by atoms with Gasteiger partial charge in [0, 0.05) is 30.1 Å². The van der Waals surface area contributed by atoms with Crippen molar-refractivity contribution in [3.63, 3.8) is 0 Å². The third-order valence-corrected chi connectivity index (χ3v) is 5.48. The third kappa shape index (κ3) is 4.04. The average molecular weight is 400 g/mol. The van der Waals surface area contributed by atoms with Crippen molar-refractivity contribution < 1.29 is 18.3 Å². The molecule has 1 fully saturated rings. The van der Waals surface area contributed by atoms with E-state index < -0.39 is 5.82 Å². The predicted octanol–water partition coefficient (Wildman–Crippen LogP) is 4.90. The Labute approximate surface area is 165 Å². The number of amides is 1. The van der Waals surface area contributed by atoms with Crippen LogP contribution in [0.25, 0.3) is 10.6 Å². The largest absolute Gasteiger partial charge is 0.489 e. The van der Waals surface area contributed by atoms with Crippen LogP contribution in [0.5, 0.6) is 5.75 Å². The van der Waals surface area contributed by atoms with Crippen LogP contribution in [-0.2, 0) is 6.61 Å². The van der Waals surface area contributed by atoms with E-state index in [9.17, 15) is 13.6 Å². The van der Waals surface area contributed by atoms with Crippen molar-refractivity contribution in [3.05, 3.63) is 70.7 Å². The fourth-order valence-corrected chi connectivity index (χ4v) is 3.90. The fourth-order valence-electron chi connectivity index (χ4n) is 3.08. The lowest BCUT2D eigenvalue weighted by molar-refractivity contribution is 0.0788. The molecule has 2 aromatic carbocycles. The van der Waals surface area contributed by atoms with E-state index in [2.05, 4.69) is 4.98 Å². The molecule has 144 valence electrons. The predicted molar refractivity (Wildman–Crippen MR) is 103 cm³/mol. The van der Waals surface area contributed by atoms with Crippen molar-refractivity contribution in [1.29, 1.82) is 0 Å². The van der Waals surface area contributed by atoms with Crippen LogP contribution in [0, 0.1) is 11.6 Å². The van der Waals surface area contributed by atoms with Crippen LogP contribution in [0.2, 0.25) is 0 Å². The number of halogens is 2. The molecule has 3 aromatic rings. The highest BCUT2D eigenvalue weighted by Crippen LogP contribution is 2.30. The van der Waals surface area contributed by atoms with Gasteiger partial charge in [0.05, 0.1) is 0 Å². The van der Waals surface area contributed by atoms with Crippen LogP contribution in [0.4, 0.5) is 8.78 Å². The smallest absolute Gasteiger partial charge is 0.273 e. The zero-order chi connectivity index (χ0) is 19.5. The molecule has 1 aliphatic rings. The van der Waals surface area contributed by atoms with Crippen LogP contribution in [0.1, 0.15) is 28.9 Å². The Bertz CT molecular complexity index is 982. The van der Waals surface area contributed by atoms with Gasteiger partial charge in [-0.15, -0.1) is 11.3 Å². The van der Waals surface area contributed by atoms with Gasteiger partial charge in [0.1, 0.15) is 34.7 Å². The topological polar surface area (TPSA) is 42.4 Å². The van der Waals surface area contributed by atoms with Crippen molar-refractivity contribution in [2.75, 3.05) is 13.1 Å². The van der Waals surface area contributed by atoms with E-state index in [0.29, 0.717) is 22.0 Å². The van der Waals surface area contributed by atoms with E-state index >= 15 is 0 Å². The number of likely N-dealkylation sites (tertiary alicyclic amines) is 1. The second kappa shape index (κ2) is 8.06. The van der Waals surface area contributed by atoms with Crippen molar-refractivity contribution >= 4 is 17.2 Å². The number of hydrogen-bond donors (Lipinski definition) is 0. The molecular formula is C21H18F2N2O2S. The van der Waals surface area contributed by atoms with Gasteiger partial charge in [0.15, 0.2) is 0 Å². The molecule has 1 amide bonds. The lowest BCUT2D eigenvalue weighted by Gasteiger charge is -2.12. The molecule has 2 heterocycles. The highest BCUT2D eigenvalue weighted by atomic mass is 32.1. The van der Waals surface area contributed by atoms with Crippen LogP contribution >= 0.6 is 11.3 Å². The summed E-state index contributed by atoms with van der Waals surface area (Å²) in [6.07, 6.45) is 2.02. The summed E-state index contributed by atoms with van der Waals surface area (Å²) >= 11 is 1.25. The summed E-state index contributed by atoms with van der Waals surface area (Å²) in [6, 6.07) is 10.5. The van der Waals surface area contributed by atoms with Crippen LogP contribution < -0.4 is 4.74 Å². The van der Waals surface area contributed by atoms with E-state index in [1.54, 1.807) is 34.5 Å². The lowest BCUT2D eigenvalue weighted by atomic mass is 10.2. The summed E-state index contributed by atoms with van der Waals surface area (Å²) in [5.74, 6) is -0.508. The molecule has 4 nitrogen and oxygen atoms in total. The first kappa shape index (κ1) is 18.6. The number of ether oxygens (including phenoxy) is 1. The lowest BCUT2D eigenvalue weighted by Crippen LogP contribution is -2.27. The molecule has 0 bridgehead atoms. The first-order chi connectivity index (χ1) is 13.6. The van der Waals surface area contributed by atoms with Gasteiger partial charge in [0.25, 0.3) is 5.91 Å². The maximum absolute atomic E-state index is 14.6. The monoisotopic (exact) mass is 400 g/mol. The zero-order valence-corrected chi connectivity index (χ0v) is 15.8. The summed E-state index contributed by atoms with van der Waals surface area (Å²) in [5.41, 5.74) is 1.48. The molecule has 0 spiro atoms. The number of nitrogens with zero attached hydrogens (tertiary/aromatic N) is 2. The van der Waals surface area contributed by atoms with E-state index in [0.717, 1.165) is 31.5 Å². The summed E-state index contributed by atoms with van der Waals surface area (Å²) in [4.78, 5) is 18.5. The van der Waals surface area contributed by atoms with Crippen molar-refractivity contribution in [1.82, 2.24) is 9.88 Å². The van der Waals surface area contributed by atoms with Gasteiger partial charge < -0.3 is 9.64 Å². The van der Waals surface area contributed by atoms with Crippen molar-refractivity contribution in [2.45, 2.75) is 19.4 Å². The summed E-state index contributed by atoms with van der Waals surface area (Å²) < 4.78 is 33.1. The molecule has 1 aliphatic heterocycles. The standard InChI is InChI=1S/C21H18F2N2O2S/c22-15-5-3-14(4-6-15)12-27-16-7-8-17(18(23)11-16)20-24-19(13-28-20)21(26)25-9-1-2-10-25/h3-8,11,13H,1-2,9-10,12H2. The highest BCUT2D eigenvalue weighted by Gasteiger charge is 2.22. The molecule has 0 saturated carbocycles. The van der Waals surface area contributed by atoms with Gasteiger partial charge in [-0.2, -0.15) is 0 Å². The summed E-state index contributed by atoms with van der Waals surface area (Å²) in [6.45, 7) is 1.71. The van der Waals surface area contributed by atoms with Crippen LogP contribution in [0.15, 0.2) is 47.8 Å². The molecule has 7 heteroatoms. The zero-order valence-electron chi connectivity index (χ0n) is 15.0. The first-order valence-electron chi connectivity index (χ1n) is 9.02. The Hall–Kier alpha value is -2.80. The van der Waals surface area contributed by atoms with Crippen molar-refractivity contribution in [2.24, 2.45) is 0 Å². The fraction of sp³-hybridized carbons (Fsp3) is 0.238. The molecule has 0 radical (unpaired) electrons. The summed E-state index contributed by atoms with van der Waals surface area (Å²) in [7, 11) is 0. The Morgan fingerprint density at radius 2 is 1.86 bits per heavy atom. The quantitative estimate of drug-likeness (QED) is 0.612. The molecule has 0 N–H and O–H groups in total. The normalized spacial score (nSPS) is 13.7.